The van der Waals surface area contributed by atoms with Gasteiger partial charge in [0.05, 0.1) is 29.9 Å². The molecule has 0 spiro atoms. The van der Waals surface area contributed by atoms with Crippen LogP contribution in [0.25, 0.3) is 22.4 Å². The highest BCUT2D eigenvalue weighted by Crippen LogP contribution is 2.34. The van der Waals surface area contributed by atoms with Crippen molar-refractivity contribution >= 4 is 34.4 Å². The highest BCUT2D eigenvalue weighted by atomic mass is 35.5. The minimum Gasteiger partial charge on any atom is -0.465 e. The molecule has 0 radical (unpaired) electrons. The number of halogens is 1. The van der Waals surface area contributed by atoms with Gasteiger partial charge in [-0.2, -0.15) is 0 Å². The molecule has 6 nitrogen and oxygen atoms in total. The largest absolute Gasteiger partial charge is 0.465 e. The number of cyclic esters (lactones) is 1. The predicted octanol–water partition coefficient (Wildman–Crippen LogP) is 3.70. The lowest BCUT2D eigenvalue weighted by Gasteiger charge is -2.19. The van der Waals surface area contributed by atoms with Crippen LogP contribution in [0.2, 0.25) is 5.02 Å². The number of aryl methyl sites for hydroxylation is 1. The number of rotatable bonds is 2. The number of nitrogens with zero attached hydrogens (tertiary/aromatic N) is 2. The third-order valence-corrected chi connectivity index (χ3v) is 6.05. The number of fused-ring (bicyclic) bond motifs is 2. The van der Waals surface area contributed by atoms with Crippen LogP contribution >= 0.6 is 11.6 Å². The highest BCUT2D eigenvalue weighted by Gasteiger charge is 2.45. The molecule has 1 amide bonds. The van der Waals surface area contributed by atoms with Gasteiger partial charge in [-0.1, -0.05) is 17.7 Å². The Morgan fingerprint density at radius 1 is 1.29 bits per heavy atom. The molecule has 4 heterocycles. The van der Waals surface area contributed by atoms with E-state index in [0.29, 0.717) is 47.3 Å². The van der Waals surface area contributed by atoms with Crippen molar-refractivity contribution in [1.82, 2.24) is 9.88 Å². The Morgan fingerprint density at radius 3 is 2.89 bits per heavy atom. The van der Waals surface area contributed by atoms with Crippen molar-refractivity contribution in [3.63, 3.8) is 0 Å². The summed E-state index contributed by atoms with van der Waals surface area (Å²) in [5.74, 6) is 0.100. The van der Waals surface area contributed by atoms with Crippen LogP contribution in [-0.2, 0) is 9.53 Å². The number of hydrogen-bond acceptors (Lipinski definition) is 5. The summed E-state index contributed by atoms with van der Waals surface area (Å²) < 4.78 is 10.6. The lowest BCUT2D eigenvalue weighted by molar-refractivity contribution is -0.141. The van der Waals surface area contributed by atoms with Crippen LogP contribution in [0.15, 0.2) is 41.0 Å². The smallest absolute Gasteiger partial charge is 0.311 e. The number of benzene rings is 1. The Bertz CT molecular complexity index is 1110. The topological polar surface area (TPSA) is 72.6 Å². The minimum absolute atomic E-state index is 0.0743. The van der Waals surface area contributed by atoms with Crippen molar-refractivity contribution in [1.29, 1.82) is 0 Å². The van der Waals surface area contributed by atoms with E-state index in [1.807, 2.05) is 13.0 Å². The molecule has 5 rings (SSSR count). The summed E-state index contributed by atoms with van der Waals surface area (Å²) in [5, 5.41) is 1.33. The number of pyridine rings is 1. The van der Waals surface area contributed by atoms with E-state index >= 15 is 0 Å². The van der Waals surface area contributed by atoms with Gasteiger partial charge in [0, 0.05) is 29.4 Å². The maximum atomic E-state index is 13.4. The molecule has 7 heteroatoms. The summed E-state index contributed by atoms with van der Waals surface area (Å²) in [7, 11) is 0. The predicted molar refractivity (Wildman–Crippen MR) is 103 cm³/mol. The first-order chi connectivity index (χ1) is 13.5. The molecule has 1 aromatic carbocycles. The Hall–Kier alpha value is -2.86. The van der Waals surface area contributed by atoms with Crippen LogP contribution in [0.4, 0.5) is 0 Å². The zero-order chi connectivity index (χ0) is 19.4. The van der Waals surface area contributed by atoms with Crippen molar-refractivity contribution in [2.45, 2.75) is 6.92 Å². The summed E-state index contributed by atoms with van der Waals surface area (Å²) >= 11 is 6.29. The average Bonchev–Trinajstić information content (AvgIpc) is 3.43. The van der Waals surface area contributed by atoms with E-state index in [4.69, 9.17) is 25.7 Å². The van der Waals surface area contributed by atoms with Gasteiger partial charge in [0.25, 0.3) is 5.91 Å². The monoisotopic (exact) mass is 396 g/mol. The first-order valence-corrected chi connectivity index (χ1v) is 9.50. The molecule has 0 unspecified atom stereocenters. The Morgan fingerprint density at radius 2 is 2.14 bits per heavy atom. The molecule has 0 aliphatic carbocycles. The normalized spacial score (nSPS) is 21.2. The lowest BCUT2D eigenvalue weighted by Crippen LogP contribution is -2.31. The molecule has 2 saturated heterocycles. The molecule has 0 bridgehead atoms. The quantitative estimate of drug-likeness (QED) is 0.617. The summed E-state index contributed by atoms with van der Waals surface area (Å²) in [6.45, 7) is 3.17. The zero-order valence-corrected chi connectivity index (χ0v) is 15.9. The van der Waals surface area contributed by atoms with Crippen molar-refractivity contribution in [3.8, 4) is 11.5 Å². The number of furan rings is 1. The van der Waals surface area contributed by atoms with Crippen LogP contribution in [0.5, 0.6) is 0 Å². The number of amides is 1. The molecule has 2 aliphatic heterocycles. The van der Waals surface area contributed by atoms with Gasteiger partial charge in [-0.05, 0) is 36.8 Å². The van der Waals surface area contributed by atoms with Crippen LogP contribution in [0, 0.1) is 18.8 Å². The molecule has 0 N–H and O–H groups in total. The van der Waals surface area contributed by atoms with E-state index in [2.05, 4.69) is 0 Å². The second-order valence-corrected chi connectivity index (χ2v) is 7.71. The molecule has 3 aromatic rings. The van der Waals surface area contributed by atoms with Crippen molar-refractivity contribution < 1.29 is 18.7 Å². The van der Waals surface area contributed by atoms with Gasteiger partial charge >= 0.3 is 5.97 Å². The molecular formula is C21H17ClN2O4. The Balaban J connectivity index is 1.63. The molecule has 2 aliphatic rings. The average molecular weight is 397 g/mol. The summed E-state index contributed by atoms with van der Waals surface area (Å²) in [4.78, 5) is 31.7. The number of esters is 1. The summed E-state index contributed by atoms with van der Waals surface area (Å²) in [6, 6.07) is 8.94. The number of carbonyl (C=O) groups excluding carboxylic acids is 2. The maximum absolute atomic E-state index is 13.4. The fraction of sp³-hybridized carbons (Fsp3) is 0.286. The molecular weight excluding hydrogens is 380 g/mol. The van der Waals surface area contributed by atoms with E-state index in [9.17, 15) is 9.59 Å². The van der Waals surface area contributed by atoms with E-state index in [-0.39, 0.29) is 23.7 Å². The molecule has 2 aromatic heterocycles. The maximum Gasteiger partial charge on any atom is 0.311 e. The van der Waals surface area contributed by atoms with Gasteiger partial charge in [0.15, 0.2) is 5.76 Å². The Kier molecular flexibility index (Phi) is 3.91. The third-order valence-electron chi connectivity index (χ3n) is 5.64. The van der Waals surface area contributed by atoms with Crippen LogP contribution in [-0.4, -0.2) is 41.5 Å². The number of ether oxygens (including phenoxy) is 1. The SMILES string of the molecule is Cc1c(Cl)ccc2c(C(=O)N3C[C@@H]4COC(=O)[C@@H]4C3)cc(-c3ccco3)nc12. The standard InChI is InChI=1S/C21H17ClN2O4/c1-11-16(22)5-4-13-14(7-17(23-19(11)13)18-3-2-6-27-18)20(25)24-8-12-10-28-21(26)15(12)9-24/h2-7,12,15H,8-10H2,1H3/t12-,15-/m1/s1. The van der Waals surface area contributed by atoms with E-state index in [0.717, 1.165) is 10.9 Å². The van der Waals surface area contributed by atoms with Crippen LogP contribution in [0.1, 0.15) is 15.9 Å². The van der Waals surface area contributed by atoms with Crippen molar-refractivity contribution in [2.24, 2.45) is 11.8 Å². The zero-order valence-electron chi connectivity index (χ0n) is 15.1. The van der Waals surface area contributed by atoms with Gasteiger partial charge < -0.3 is 14.1 Å². The third kappa shape index (κ3) is 2.59. The first-order valence-electron chi connectivity index (χ1n) is 9.12. The summed E-state index contributed by atoms with van der Waals surface area (Å²) in [6.07, 6.45) is 1.57. The van der Waals surface area contributed by atoms with Crippen molar-refractivity contribution in [2.75, 3.05) is 19.7 Å². The van der Waals surface area contributed by atoms with Gasteiger partial charge in [0.2, 0.25) is 0 Å². The molecule has 28 heavy (non-hydrogen) atoms. The minimum atomic E-state index is -0.224. The number of aromatic nitrogens is 1. The fourth-order valence-electron chi connectivity index (χ4n) is 4.07. The van der Waals surface area contributed by atoms with E-state index < -0.39 is 0 Å². The van der Waals surface area contributed by atoms with E-state index in [1.165, 1.54) is 0 Å². The molecule has 0 saturated carbocycles. The fourth-order valence-corrected chi connectivity index (χ4v) is 4.22. The van der Waals surface area contributed by atoms with Crippen LogP contribution in [0.3, 0.4) is 0 Å². The number of carbonyl (C=O) groups is 2. The highest BCUT2D eigenvalue weighted by molar-refractivity contribution is 6.32. The molecule has 142 valence electrons. The van der Waals surface area contributed by atoms with Gasteiger partial charge in [-0.15, -0.1) is 0 Å². The van der Waals surface area contributed by atoms with E-state index in [1.54, 1.807) is 35.4 Å². The van der Waals surface area contributed by atoms with Gasteiger partial charge in [-0.3, -0.25) is 9.59 Å². The second-order valence-electron chi connectivity index (χ2n) is 7.31. The molecule has 2 fully saturated rings. The van der Waals surface area contributed by atoms with Gasteiger partial charge in [0.1, 0.15) is 5.69 Å². The Labute approximate surface area is 166 Å². The summed E-state index contributed by atoms with van der Waals surface area (Å²) in [5.41, 5.74) is 2.58. The first kappa shape index (κ1) is 17.3. The lowest BCUT2D eigenvalue weighted by atomic mass is 10.0. The second kappa shape index (κ2) is 6.34. The van der Waals surface area contributed by atoms with Crippen LogP contribution < -0.4 is 0 Å². The van der Waals surface area contributed by atoms with Gasteiger partial charge in [-0.25, -0.2) is 4.98 Å². The van der Waals surface area contributed by atoms with Crippen molar-refractivity contribution in [3.05, 3.63) is 52.7 Å². The number of likely N-dealkylation sites (tertiary alicyclic amines) is 1. The molecule has 2 atom stereocenters. The number of hydrogen-bond donors (Lipinski definition) is 0.